The van der Waals surface area contributed by atoms with Gasteiger partial charge in [-0.1, -0.05) is 54.6 Å². The van der Waals surface area contributed by atoms with Gasteiger partial charge in [0.15, 0.2) is 0 Å². The molecule has 0 fully saturated rings. The Hall–Kier alpha value is -2.29. The third-order valence-electron chi connectivity index (χ3n) is 4.27. The normalized spacial score (nSPS) is 20.6. The second-order valence-corrected chi connectivity index (χ2v) is 5.57. The first kappa shape index (κ1) is 13.7. The minimum absolute atomic E-state index is 0.0786. The van der Waals surface area contributed by atoms with Crippen LogP contribution < -0.4 is 10.4 Å². The molecule has 3 heteroatoms. The summed E-state index contributed by atoms with van der Waals surface area (Å²) >= 11 is 0. The number of hydrogen-bond acceptors (Lipinski definition) is 2. The van der Waals surface area contributed by atoms with Crippen molar-refractivity contribution in [3.63, 3.8) is 0 Å². The Morgan fingerprint density at radius 2 is 1.81 bits per heavy atom. The monoisotopic (exact) mass is 280 g/mol. The van der Waals surface area contributed by atoms with Crippen LogP contribution >= 0.6 is 0 Å². The van der Waals surface area contributed by atoms with E-state index < -0.39 is 6.09 Å². The summed E-state index contributed by atoms with van der Waals surface area (Å²) in [6, 6.07) is 18.5. The van der Waals surface area contributed by atoms with E-state index >= 15 is 0 Å². The summed E-state index contributed by atoms with van der Waals surface area (Å²) in [7, 11) is 0. The van der Waals surface area contributed by atoms with Crippen molar-refractivity contribution in [3.8, 4) is 0 Å². The van der Waals surface area contributed by atoms with Crippen LogP contribution in [0, 0.1) is 0 Å². The van der Waals surface area contributed by atoms with Crippen LogP contribution in [0.3, 0.4) is 0 Å². The zero-order valence-corrected chi connectivity index (χ0v) is 11.8. The number of hydrogen-bond donors (Lipinski definition) is 1. The standard InChI is InChI=1S/C18H19NO2/c20-18(21)19-17-11-10-14-8-4-5-9-15(14)16(17)12-13-6-2-1-3-7-13/h1-9,16-17,19H,10-12H2,(H,20,21)/p-1. The van der Waals surface area contributed by atoms with E-state index in [1.165, 1.54) is 16.7 Å². The molecular weight excluding hydrogens is 262 g/mol. The van der Waals surface area contributed by atoms with Gasteiger partial charge in [-0.2, -0.15) is 0 Å². The van der Waals surface area contributed by atoms with E-state index in [0.717, 1.165) is 19.3 Å². The molecule has 2 aromatic carbocycles. The van der Waals surface area contributed by atoms with Crippen LogP contribution in [-0.4, -0.2) is 12.1 Å². The third-order valence-corrected chi connectivity index (χ3v) is 4.27. The van der Waals surface area contributed by atoms with Crippen molar-refractivity contribution in [1.29, 1.82) is 0 Å². The molecule has 0 heterocycles. The Balaban J connectivity index is 1.92. The Morgan fingerprint density at radius 1 is 1.10 bits per heavy atom. The van der Waals surface area contributed by atoms with E-state index in [2.05, 4.69) is 29.6 Å². The highest BCUT2D eigenvalue weighted by molar-refractivity contribution is 5.62. The predicted molar refractivity (Wildman–Crippen MR) is 80.0 cm³/mol. The van der Waals surface area contributed by atoms with Gasteiger partial charge in [0, 0.05) is 12.0 Å². The molecule has 1 aliphatic rings. The molecule has 3 nitrogen and oxygen atoms in total. The highest BCUT2D eigenvalue weighted by Gasteiger charge is 2.29. The zero-order chi connectivity index (χ0) is 14.7. The first-order valence-corrected chi connectivity index (χ1v) is 7.33. The molecule has 1 N–H and O–H groups in total. The lowest BCUT2D eigenvalue weighted by Gasteiger charge is -2.35. The number of nitrogens with one attached hydrogen (secondary N) is 1. The van der Waals surface area contributed by atoms with Crippen molar-refractivity contribution in [1.82, 2.24) is 5.32 Å². The van der Waals surface area contributed by atoms with Crippen molar-refractivity contribution in [2.45, 2.75) is 31.2 Å². The summed E-state index contributed by atoms with van der Waals surface area (Å²) < 4.78 is 0. The Bertz CT molecular complexity index is 624. The van der Waals surface area contributed by atoms with Gasteiger partial charge in [0.1, 0.15) is 6.09 Å². The largest absolute Gasteiger partial charge is 0.530 e. The minimum atomic E-state index is -1.18. The van der Waals surface area contributed by atoms with Crippen molar-refractivity contribution in [2.24, 2.45) is 0 Å². The van der Waals surface area contributed by atoms with Gasteiger partial charge in [-0.05, 0) is 36.0 Å². The highest BCUT2D eigenvalue weighted by Crippen LogP contribution is 2.34. The average molecular weight is 280 g/mol. The van der Waals surface area contributed by atoms with Crippen molar-refractivity contribution in [2.75, 3.05) is 0 Å². The summed E-state index contributed by atoms with van der Waals surface area (Å²) in [6.07, 6.45) is 1.38. The number of amides is 1. The highest BCUT2D eigenvalue weighted by atomic mass is 16.4. The predicted octanol–water partition coefficient (Wildman–Crippen LogP) is 2.26. The molecule has 2 unspecified atom stereocenters. The van der Waals surface area contributed by atoms with Crippen molar-refractivity contribution < 1.29 is 9.90 Å². The number of carbonyl (C=O) groups excluding carboxylic acids is 1. The van der Waals surface area contributed by atoms with Crippen LogP contribution in [0.25, 0.3) is 0 Å². The van der Waals surface area contributed by atoms with E-state index in [-0.39, 0.29) is 12.0 Å². The Labute approximate surface area is 124 Å². The topological polar surface area (TPSA) is 52.2 Å². The fraction of sp³-hybridized carbons (Fsp3) is 0.278. The summed E-state index contributed by atoms with van der Waals surface area (Å²) in [4.78, 5) is 11.0. The maximum atomic E-state index is 11.0. The molecule has 1 amide bonds. The number of carboxylic acid groups (broad SMARTS) is 1. The van der Waals surface area contributed by atoms with Gasteiger partial charge in [-0.3, -0.25) is 0 Å². The van der Waals surface area contributed by atoms with E-state index in [4.69, 9.17) is 0 Å². The van der Waals surface area contributed by atoms with E-state index in [9.17, 15) is 9.90 Å². The lowest BCUT2D eigenvalue weighted by atomic mass is 9.76. The molecule has 0 saturated heterocycles. The summed E-state index contributed by atoms with van der Waals surface area (Å²) in [5, 5.41) is 13.6. The molecule has 0 saturated carbocycles. The molecule has 0 spiro atoms. The fourth-order valence-electron chi connectivity index (χ4n) is 3.30. The number of benzene rings is 2. The van der Waals surface area contributed by atoms with Crippen molar-refractivity contribution in [3.05, 3.63) is 71.3 Å². The van der Waals surface area contributed by atoms with Gasteiger partial charge < -0.3 is 15.2 Å². The SMILES string of the molecule is O=C([O-])NC1CCc2ccccc2C1Cc1ccccc1. The van der Waals surface area contributed by atoms with Gasteiger partial charge in [0.05, 0.1) is 0 Å². The van der Waals surface area contributed by atoms with Gasteiger partial charge >= 0.3 is 0 Å². The molecule has 108 valence electrons. The Kier molecular flexibility index (Phi) is 3.91. The first-order valence-electron chi connectivity index (χ1n) is 7.33. The smallest absolute Gasteiger partial charge is 0.134 e. The number of aryl methyl sites for hydroxylation is 1. The first-order chi connectivity index (χ1) is 10.2. The number of fused-ring (bicyclic) bond motifs is 1. The van der Waals surface area contributed by atoms with Crippen LogP contribution in [-0.2, 0) is 12.8 Å². The fourth-order valence-corrected chi connectivity index (χ4v) is 3.30. The van der Waals surface area contributed by atoms with Crippen LogP contribution in [0.5, 0.6) is 0 Å². The molecule has 0 aliphatic heterocycles. The molecule has 0 aromatic heterocycles. The molecule has 3 rings (SSSR count). The van der Waals surface area contributed by atoms with Crippen LogP contribution in [0.2, 0.25) is 0 Å². The third kappa shape index (κ3) is 3.07. The maximum Gasteiger partial charge on any atom is 0.134 e. The Morgan fingerprint density at radius 3 is 2.57 bits per heavy atom. The summed E-state index contributed by atoms with van der Waals surface area (Å²) in [5.74, 6) is 0.162. The maximum absolute atomic E-state index is 11.0. The summed E-state index contributed by atoms with van der Waals surface area (Å²) in [6.45, 7) is 0. The molecule has 2 aromatic rings. The quantitative estimate of drug-likeness (QED) is 0.937. The van der Waals surface area contributed by atoms with E-state index in [0.29, 0.717) is 0 Å². The van der Waals surface area contributed by atoms with Crippen LogP contribution in [0.1, 0.15) is 29.0 Å². The lowest BCUT2D eigenvalue weighted by molar-refractivity contribution is -0.252. The molecule has 2 atom stereocenters. The number of rotatable bonds is 3. The minimum Gasteiger partial charge on any atom is -0.530 e. The van der Waals surface area contributed by atoms with Crippen molar-refractivity contribution >= 4 is 6.09 Å². The second kappa shape index (κ2) is 6.00. The molecule has 21 heavy (non-hydrogen) atoms. The van der Waals surface area contributed by atoms with E-state index in [1.807, 2.05) is 30.3 Å². The summed E-state index contributed by atoms with van der Waals surface area (Å²) in [5.41, 5.74) is 3.81. The molecule has 0 bridgehead atoms. The van der Waals surface area contributed by atoms with Gasteiger partial charge in [-0.15, -0.1) is 0 Å². The van der Waals surface area contributed by atoms with Crippen LogP contribution in [0.15, 0.2) is 54.6 Å². The number of carbonyl (C=O) groups is 1. The molecule has 0 radical (unpaired) electrons. The average Bonchev–Trinajstić information content (AvgIpc) is 2.50. The molecule has 1 aliphatic carbocycles. The van der Waals surface area contributed by atoms with Gasteiger partial charge in [0.25, 0.3) is 0 Å². The van der Waals surface area contributed by atoms with Gasteiger partial charge in [0.2, 0.25) is 0 Å². The van der Waals surface area contributed by atoms with Gasteiger partial charge in [-0.25, -0.2) is 0 Å². The second-order valence-electron chi connectivity index (χ2n) is 5.57. The lowest BCUT2D eigenvalue weighted by Crippen LogP contribution is -2.48. The van der Waals surface area contributed by atoms with Crippen LogP contribution in [0.4, 0.5) is 4.79 Å². The zero-order valence-electron chi connectivity index (χ0n) is 11.8. The molecular formula is C18H18NO2-. The van der Waals surface area contributed by atoms with E-state index in [1.54, 1.807) is 0 Å².